The van der Waals surface area contributed by atoms with E-state index in [1.165, 1.54) is 12.4 Å². The molecular formula is C10H14N2O2. The van der Waals surface area contributed by atoms with Crippen LogP contribution in [0.5, 0.6) is 0 Å². The van der Waals surface area contributed by atoms with Crippen molar-refractivity contribution >= 4 is 0 Å². The number of hydrogen-bond acceptors (Lipinski definition) is 2. The van der Waals surface area contributed by atoms with Crippen LogP contribution in [0.2, 0.25) is 0 Å². The van der Waals surface area contributed by atoms with Crippen molar-refractivity contribution in [3.05, 3.63) is 40.5 Å². The van der Waals surface area contributed by atoms with Crippen LogP contribution in [-0.4, -0.2) is 18.2 Å². The summed E-state index contributed by atoms with van der Waals surface area (Å²) >= 11 is 0. The lowest BCUT2D eigenvalue weighted by Crippen LogP contribution is -2.37. The van der Waals surface area contributed by atoms with Crippen molar-refractivity contribution in [1.82, 2.24) is 0 Å². The number of quaternary nitrogens is 1. The fourth-order valence-electron chi connectivity index (χ4n) is 2.18. The Labute approximate surface area is 83.1 Å². The summed E-state index contributed by atoms with van der Waals surface area (Å²) in [4.78, 5) is 0. The quantitative estimate of drug-likeness (QED) is 0.382. The van der Waals surface area contributed by atoms with E-state index in [1.54, 1.807) is 13.1 Å². The summed E-state index contributed by atoms with van der Waals surface area (Å²) in [6.07, 6.45) is 4.76. The van der Waals surface area contributed by atoms with E-state index in [9.17, 15) is 10.4 Å². The van der Waals surface area contributed by atoms with Crippen molar-refractivity contribution in [2.45, 2.75) is 18.9 Å². The largest absolute Gasteiger partial charge is 0.633 e. The summed E-state index contributed by atoms with van der Waals surface area (Å²) in [6.45, 7) is 0.651. The maximum Gasteiger partial charge on any atom is 0.189 e. The molecule has 0 unspecified atom stereocenters. The van der Waals surface area contributed by atoms with Crippen LogP contribution >= 0.6 is 0 Å². The van der Waals surface area contributed by atoms with Gasteiger partial charge in [-0.3, -0.25) is 0 Å². The summed E-state index contributed by atoms with van der Waals surface area (Å²) in [5.41, 5.74) is 0.859. The molecule has 1 aliphatic heterocycles. The SMILES string of the molecule is C[N@@+]1([O-])CCC[C@H]1c1ccc[n+]([O-])c1. The zero-order valence-electron chi connectivity index (χ0n) is 8.22. The van der Waals surface area contributed by atoms with E-state index in [-0.39, 0.29) is 10.7 Å². The molecule has 0 amide bonds. The molecule has 0 aromatic carbocycles. The fourth-order valence-corrected chi connectivity index (χ4v) is 2.18. The molecule has 0 aliphatic carbocycles. The molecule has 1 aliphatic rings. The number of likely N-dealkylation sites (tertiary alicyclic amines) is 1. The van der Waals surface area contributed by atoms with E-state index in [0.29, 0.717) is 6.54 Å². The minimum atomic E-state index is -0.246. The lowest BCUT2D eigenvalue weighted by Gasteiger charge is -2.39. The molecule has 76 valence electrons. The fraction of sp³-hybridized carbons (Fsp3) is 0.500. The van der Waals surface area contributed by atoms with Crippen LogP contribution in [0.4, 0.5) is 0 Å². The molecule has 2 heterocycles. The number of hydrogen-bond donors (Lipinski definition) is 0. The Kier molecular flexibility index (Phi) is 2.17. The summed E-state index contributed by atoms with van der Waals surface area (Å²) in [5.74, 6) is 0. The van der Waals surface area contributed by atoms with Gasteiger partial charge in [-0.25, -0.2) is 0 Å². The van der Waals surface area contributed by atoms with Gasteiger partial charge in [-0.15, -0.1) is 0 Å². The van der Waals surface area contributed by atoms with E-state index in [1.807, 2.05) is 6.07 Å². The third kappa shape index (κ3) is 1.58. The first-order valence-corrected chi connectivity index (χ1v) is 4.84. The molecule has 4 nitrogen and oxygen atoms in total. The highest BCUT2D eigenvalue weighted by Gasteiger charge is 2.33. The summed E-state index contributed by atoms with van der Waals surface area (Å²) < 4.78 is 0.512. The predicted octanol–water partition coefficient (Wildman–Crippen LogP) is 1.10. The topological polar surface area (TPSA) is 50.0 Å². The molecule has 2 rings (SSSR count). The maximum absolute atomic E-state index is 12.0. The Morgan fingerprint density at radius 3 is 2.93 bits per heavy atom. The van der Waals surface area contributed by atoms with E-state index < -0.39 is 0 Å². The van der Waals surface area contributed by atoms with Crippen LogP contribution in [0.1, 0.15) is 24.4 Å². The average molecular weight is 194 g/mol. The lowest BCUT2D eigenvalue weighted by atomic mass is 10.1. The van der Waals surface area contributed by atoms with E-state index >= 15 is 0 Å². The Morgan fingerprint density at radius 2 is 2.36 bits per heavy atom. The Morgan fingerprint density at radius 1 is 1.57 bits per heavy atom. The third-order valence-corrected chi connectivity index (χ3v) is 2.92. The molecule has 2 atom stereocenters. The molecule has 4 heteroatoms. The number of pyridine rings is 1. The van der Waals surface area contributed by atoms with Gasteiger partial charge in [0.2, 0.25) is 0 Å². The molecule has 0 bridgehead atoms. The monoisotopic (exact) mass is 194 g/mol. The van der Waals surface area contributed by atoms with Gasteiger partial charge in [0.25, 0.3) is 0 Å². The molecule has 1 aromatic heterocycles. The number of nitrogens with zero attached hydrogens (tertiary/aromatic N) is 2. The highest BCUT2D eigenvalue weighted by molar-refractivity contribution is 5.10. The first-order chi connectivity index (χ1) is 6.59. The van der Waals surface area contributed by atoms with Gasteiger partial charge in [0.15, 0.2) is 12.4 Å². The first kappa shape index (κ1) is 9.43. The van der Waals surface area contributed by atoms with Crippen molar-refractivity contribution in [2.75, 3.05) is 13.6 Å². The average Bonchev–Trinajstić information content (AvgIpc) is 2.45. The Hall–Kier alpha value is -1.13. The Bertz CT molecular complexity index is 339. The van der Waals surface area contributed by atoms with E-state index in [0.717, 1.165) is 23.1 Å². The van der Waals surface area contributed by atoms with Crippen molar-refractivity contribution in [3.63, 3.8) is 0 Å². The van der Waals surface area contributed by atoms with Crippen LogP contribution in [0.15, 0.2) is 24.5 Å². The molecule has 1 fully saturated rings. The van der Waals surface area contributed by atoms with E-state index in [2.05, 4.69) is 0 Å². The smallest absolute Gasteiger partial charge is 0.189 e. The van der Waals surface area contributed by atoms with Crippen LogP contribution in [-0.2, 0) is 0 Å². The molecule has 0 radical (unpaired) electrons. The van der Waals surface area contributed by atoms with Crippen molar-refractivity contribution in [2.24, 2.45) is 0 Å². The summed E-state index contributed by atoms with van der Waals surface area (Å²) in [6, 6.07) is 3.50. The molecule has 0 spiro atoms. The third-order valence-electron chi connectivity index (χ3n) is 2.92. The Balaban J connectivity index is 2.31. The second-order valence-corrected chi connectivity index (χ2v) is 4.05. The molecule has 0 N–H and O–H groups in total. The normalized spacial score (nSPS) is 32.0. The van der Waals surface area contributed by atoms with Crippen molar-refractivity contribution in [1.29, 1.82) is 0 Å². The molecule has 14 heavy (non-hydrogen) atoms. The summed E-state index contributed by atoms with van der Waals surface area (Å²) in [5, 5.41) is 23.0. The lowest BCUT2D eigenvalue weighted by molar-refractivity contribution is -0.879. The van der Waals surface area contributed by atoms with Crippen molar-refractivity contribution < 1.29 is 9.38 Å². The van der Waals surface area contributed by atoms with Crippen LogP contribution in [0, 0.1) is 10.4 Å². The van der Waals surface area contributed by atoms with Gasteiger partial charge < -0.3 is 15.1 Å². The minimum absolute atomic E-state index is 0.0589. The zero-order chi connectivity index (χ0) is 10.2. The van der Waals surface area contributed by atoms with Gasteiger partial charge >= 0.3 is 0 Å². The first-order valence-electron chi connectivity index (χ1n) is 4.84. The summed E-state index contributed by atoms with van der Waals surface area (Å²) in [7, 11) is 1.68. The predicted molar refractivity (Wildman–Crippen MR) is 51.8 cm³/mol. The van der Waals surface area contributed by atoms with Crippen LogP contribution < -0.4 is 4.73 Å². The molecule has 0 saturated carbocycles. The van der Waals surface area contributed by atoms with Gasteiger partial charge in [0.05, 0.1) is 19.2 Å². The van der Waals surface area contributed by atoms with Gasteiger partial charge in [-0.05, 0) is 6.07 Å². The second kappa shape index (κ2) is 3.22. The highest BCUT2D eigenvalue weighted by Crippen LogP contribution is 2.35. The number of hydroxylamine groups is 3. The minimum Gasteiger partial charge on any atom is -0.633 e. The standard InChI is InChI=1S/C10H14N2O2/c1-12(14)7-3-5-10(12)9-4-2-6-11(13)8-9/h2,4,6,8,10H,3,5,7H2,1H3/t10-,12+/m0/s1. The van der Waals surface area contributed by atoms with Gasteiger partial charge in [-0.2, -0.15) is 4.73 Å². The van der Waals surface area contributed by atoms with Crippen LogP contribution in [0.25, 0.3) is 0 Å². The number of aromatic nitrogens is 1. The van der Waals surface area contributed by atoms with E-state index in [4.69, 9.17) is 0 Å². The van der Waals surface area contributed by atoms with Crippen molar-refractivity contribution in [3.8, 4) is 0 Å². The zero-order valence-corrected chi connectivity index (χ0v) is 8.22. The highest BCUT2D eigenvalue weighted by atomic mass is 16.5. The van der Waals surface area contributed by atoms with Gasteiger partial charge in [-0.1, -0.05) is 0 Å². The molecular weight excluding hydrogens is 180 g/mol. The second-order valence-electron chi connectivity index (χ2n) is 4.05. The molecule has 1 saturated heterocycles. The van der Waals surface area contributed by atoms with Gasteiger partial charge in [0.1, 0.15) is 6.04 Å². The maximum atomic E-state index is 12.0. The van der Waals surface area contributed by atoms with Crippen LogP contribution in [0.3, 0.4) is 0 Å². The van der Waals surface area contributed by atoms with Gasteiger partial charge in [0, 0.05) is 18.9 Å². The molecule has 1 aromatic rings. The number of rotatable bonds is 1.